The van der Waals surface area contributed by atoms with Crippen LogP contribution < -0.4 is 16.6 Å². The number of halogens is 2. The highest BCUT2D eigenvalue weighted by molar-refractivity contribution is 7.09. The van der Waals surface area contributed by atoms with Gasteiger partial charge in [-0.25, -0.2) is 9.78 Å². The molecular formula is C11H10F2N4O3S. The molecule has 10 heteroatoms. The SMILES string of the molecule is O=C(NCCn1ccc(=O)[nH]c1=O)C(F)(F)c1nccs1. The van der Waals surface area contributed by atoms with Gasteiger partial charge in [0.25, 0.3) is 11.5 Å². The van der Waals surface area contributed by atoms with Crippen molar-refractivity contribution < 1.29 is 13.6 Å². The monoisotopic (exact) mass is 316 g/mol. The van der Waals surface area contributed by atoms with Gasteiger partial charge in [0, 0.05) is 36.9 Å². The summed E-state index contributed by atoms with van der Waals surface area (Å²) in [5, 5.41) is 2.78. The topological polar surface area (TPSA) is 96.9 Å². The summed E-state index contributed by atoms with van der Waals surface area (Å²) in [4.78, 5) is 39.1. The Hall–Kier alpha value is -2.36. The van der Waals surface area contributed by atoms with Gasteiger partial charge in [-0.15, -0.1) is 11.3 Å². The molecule has 0 aromatic carbocycles. The third-order valence-corrected chi connectivity index (χ3v) is 3.36. The lowest BCUT2D eigenvalue weighted by Crippen LogP contribution is -2.40. The molecule has 0 spiro atoms. The Labute approximate surface area is 120 Å². The second kappa shape index (κ2) is 5.95. The van der Waals surface area contributed by atoms with Crippen LogP contribution in [-0.2, 0) is 17.3 Å². The summed E-state index contributed by atoms with van der Waals surface area (Å²) in [5.74, 6) is -5.21. The molecule has 2 aromatic rings. The molecule has 0 atom stereocenters. The minimum absolute atomic E-state index is 0.0463. The van der Waals surface area contributed by atoms with Gasteiger partial charge in [0.2, 0.25) is 0 Å². The zero-order chi connectivity index (χ0) is 15.5. The van der Waals surface area contributed by atoms with E-state index in [9.17, 15) is 23.2 Å². The number of hydrogen-bond donors (Lipinski definition) is 2. The number of nitrogens with one attached hydrogen (secondary N) is 2. The average molecular weight is 316 g/mol. The van der Waals surface area contributed by atoms with Crippen molar-refractivity contribution in [1.29, 1.82) is 0 Å². The summed E-state index contributed by atoms with van der Waals surface area (Å²) < 4.78 is 28.4. The fourth-order valence-corrected chi connectivity index (χ4v) is 2.11. The molecule has 112 valence electrons. The van der Waals surface area contributed by atoms with E-state index in [-0.39, 0.29) is 13.1 Å². The summed E-state index contributed by atoms with van der Waals surface area (Å²) >= 11 is 0.675. The first-order chi connectivity index (χ1) is 9.91. The average Bonchev–Trinajstić information content (AvgIpc) is 2.95. The van der Waals surface area contributed by atoms with Crippen molar-refractivity contribution in [2.24, 2.45) is 0 Å². The fourth-order valence-electron chi connectivity index (χ4n) is 1.50. The third-order valence-electron chi connectivity index (χ3n) is 2.52. The van der Waals surface area contributed by atoms with E-state index < -0.39 is 28.1 Å². The van der Waals surface area contributed by atoms with Gasteiger partial charge in [0.15, 0.2) is 5.01 Å². The minimum Gasteiger partial charge on any atom is -0.349 e. The second-order valence-corrected chi connectivity index (χ2v) is 4.87. The van der Waals surface area contributed by atoms with E-state index in [0.717, 1.165) is 10.6 Å². The van der Waals surface area contributed by atoms with Gasteiger partial charge >= 0.3 is 11.6 Å². The summed E-state index contributed by atoms with van der Waals surface area (Å²) in [7, 11) is 0. The Morgan fingerprint density at radius 3 is 2.86 bits per heavy atom. The van der Waals surface area contributed by atoms with Gasteiger partial charge in [0.1, 0.15) is 0 Å². The van der Waals surface area contributed by atoms with Crippen LogP contribution in [0.3, 0.4) is 0 Å². The molecule has 0 radical (unpaired) electrons. The van der Waals surface area contributed by atoms with Crippen LogP contribution in [0.15, 0.2) is 33.4 Å². The molecule has 0 aliphatic heterocycles. The number of thiazole rings is 1. The van der Waals surface area contributed by atoms with Crippen molar-refractivity contribution in [3.05, 3.63) is 49.7 Å². The zero-order valence-corrected chi connectivity index (χ0v) is 11.3. The van der Waals surface area contributed by atoms with Crippen LogP contribution in [0.5, 0.6) is 0 Å². The molecule has 2 aromatic heterocycles. The quantitative estimate of drug-likeness (QED) is 0.805. The van der Waals surface area contributed by atoms with Gasteiger partial charge in [0.05, 0.1) is 0 Å². The predicted octanol–water partition coefficient (Wildman–Crippen LogP) is -0.0987. The summed E-state index contributed by atoms with van der Waals surface area (Å²) in [6.45, 7) is -0.235. The number of rotatable bonds is 5. The highest BCUT2D eigenvalue weighted by Crippen LogP contribution is 2.29. The maximum absolute atomic E-state index is 13.7. The minimum atomic E-state index is -3.72. The lowest BCUT2D eigenvalue weighted by molar-refractivity contribution is -0.147. The number of hydrogen-bond acceptors (Lipinski definition) is 5. The van der Waals surface area contributed by atoms with E-state index in [2.05, 4.69) is 4.98 Å². The number of H-pyrrole nitrogens is 1. The second-order valence-electron chi connectivity index (χ2n) is 3.97. The van der Waals surface area contributed by atoms with Crippen molar-refractivity contribution in [1.82, 2.24) is 19.9 Å². The van der Waals surface area contributed by atoms with Gasteiger partial charge in [-0.1, -0.05) is 0 Å². The first kappa shape index (κ1) is 15.0. The van der Waals surface area contributed by atoms with E-state index >= 15 is 0 Å². The van der Waals surface area contributed by atoms with Crippen LogP contribution in [0.2, 0.25) is 0 Å². The maximum atomic E-state index is 13.7. The highest BCUT2D eigenvalue weighted by atomic mass is 32.1. The Bertz CT molecular complexity index is 738. The van der Waals surface area contributed by atoms with Gasteiger partial charge in [-0.2, -0.15) is 8.78 Å². The largest absolute Gasteiger partial charge is 0.375 e. The summed E-state index contributed by atoms with van der Waals surface area (Å²) in [6, 6.07) is 1.12. The Kier molecular flexibility index (Phi) is 4.26. The van der Waals surface area contributed by atoms with E-state index in [0.29, 0.717) is 11.3 Å². The highest BCUT2D eigenvalue weighted by Gasteiger charge is 2.43. The van der Waals surface area contributed by atoms with E-state index in [4.69, 9.17) is 0 Å². The lowest BCUT2D eigenvalue weighted by Gasteiger charge is -2.13. The molecule has 0 aliphatic rings. The zero-order valence-electron chi connectivity index (χ0n) is 10.5. The number of carbonyl (C=O) groups is 1. The molecule has 0 unspecified atom stereocenters. The van der Waals surface area contributed by atoms with Crippen LogP contribution in [0, 0.1) is 0 Å². The van der Waals surface area contributed by atoms with Crippen molar-refractivity contribution in [2.75, 3.05) is 6.54 Å². The third kappa shape index (κ3) is 3.40. The van der Waals surface area contributed by atoms with Crippen molar-refractivity contribution >= 4 is 17.2 Å². The van der Waals surface area contributed by atoms with E-state index in [1.54, 1.807) is 0 Å². The van der Waals surface area contributed by atoms with Crippen LogP contribution in [0.25, 0.3) is 0 Å². The number of nitrogens with zero attached hydrogens (tertiary/aromatic N) is 2. The number of amides is 1. The molecule has 0 aliphatic carbocycles. The van der Waals surface area contributed by atoms with Crippen LogP contribution in [0.1, 0.15) is 5.01 Å². The van der Waals surface area contributed by atoms with E-state index in [1.165, 1.54) is 17.8 Å². The normalized spacial score (nSPS) is 11.3. The fraction of sp³-hybridized carbons (Fsp3) is 0.273. The number of alkyl halides is 2. The molecule has 7 nitrogen and oxygen atoms in total. The number of aromatic amines is 1. The predicted molar refractivity (Wildman–Crippen MR) is 70.3 cm³/mol. The van der Waals surface area contributed by atoms with Crippen LogP contribution >= 0.6 is 11.3 Å². The van der Waals surface area contributed by atoms with E-state index in [1.807, 2.05) is 10.3 Å². The molecule has 2 N–H and O–H groups in total. The lowest BCUT2D eigenvalue weighted by atomic mass is 10.3. The maximum Gasteiger partial charge on any atom is 0.375 e. The molecule has 0 saturated carbocycles. The molecule has 2 heterocycles. The molecule has 0 bridgehead atoms. The summed E-state index contributed by atoms with van der Waals surface area (Å²) in [6.07, 6.45) is 2.40. The van der Waals surface area contributed by atoms with Gasteiger partial charge in [-0.05, 0) is 0 Å². The molecule has 0 saturated heterocycles. The van der Waals surface area contributed by atoms with Crippen molar-refractivity contribution in [3.63, 3.8) is 0 Å². The Balaban J connectivity index is 1.96. The number of carbonyl (C=O) groups excluding carboxylic acids is 1. The smallest absolute Gasteiger partial charge is 0.349 e. The molecule has 0 fully saturated rings. The van der Waals surface area contributed by atoms with Gasteiger partial charge in [-0.3, -0.25) is 19.1 Å². The summed E-state index contributed by atoms with van der Waals surface area (Å²) in [5.41, 5.74) is -1.24. The molecular weight excluding hydrogens is 306 g/mol. The van der Waals surface area contributed by atoms with Crippen molar-refractivity contribution in [3.8, 4) is 0 Å². The Morgan fingerprint density at radius 2 is 2.24 bits per heavy atom. The molecule has 1 amide bonds. The standard InChI is InChI=1S/C11H10F2N4O3S/c12-11(13,9-15-3-6-21-9)8(19)14-2-5-17-4-1-7(18)16-10(17)20/h1,3-4,6H,2,5H2,(H,14,19)(H,16,18,20). The first-order valence-corrected chi connectivity index (χ1v) is 6.65. The van der Waals surface area contributed by atoms with Crippen LogP contribution in [0.4, 0.5) is 8.78 Å². The first-order valence-electron chi connectivity index (χ1n) is 5.77. The molecule has 21 heavy (non-hydrogen) atoms. The van der Waals surface area contributed by atoms with Gasteiger partial charge < -0.3 is 5.32 Å². The molecule has 2 rings (SSSR count). The van der Waals surface area contributed by atoms with Crippen LogP contribution in [-0.4, -0.2) is 27.0 Å². The van der Waals surface area contributed by atoms with Crippen molar-refractivity contribution in [2.45, 2.75) is 12.5 Å². The Morgan fingerprint density at radius 1 is 1.48 bits per heavy atom. The number of aromatic nitrogens is 3.